The van der Waals surface area contributed by atoms with Gasteiger partial charge in [-0.2, -0.15) is 5.10 Å². The van der Waals surface area contributed by atoms with E-state index in [1.807, 2.05) is 18.0 Å². The van der Waals surface area contributed by atoms with E-state index in [2.05, 4.69) is 39.8 Å². The number of H-pyrrole nitrogens is 1. The zero-order valence-corrected chi connectivity index (χ0v) is 13.2. The molecule has 2 N–H and O–H groups in total. The molecular weight excluding hydrogens is 278 g/mol. The lowest BCUT2D eigenvalue weighted by Gasteiger charge is -2.04. The van der Waals surface area contributed by atoms with Crippen LogP contribution in [0.15, 0.2) is 35.4 Å². The number of thioether (sulfide) groups is 1. The van der Waals surface area contributed by atoms with Crippen molar-refractivity contribution in [2.75, 3.05) is 17.6 Å². The molecule has 112 valence electrons. The normalized spacial score (nSPS) is 17.1. The number of fused-ring (bicyclic) bond motifs is 2. The highest BCUT2D eigenvalue weighted by Crippen LogP contribution is 2.29. The molecule has 0 saturated carbocycles. The monoisotopic (exact) mass is 301 g/mol. The number of rotatable bonds is 0. The van der Waals surface area contributed by atoms with Crippen molar-refractivity contribution in [3.8, 4) is 0 Å². The highest BCUT2D eigenvalue weighted by molar-refractivity contribution is 7.99. The number of nitrogens with zero attached hydrogens (tertiary/aromatic N) is 1. The van der Waals surface area contributed by atoms with Crippen LogP contribution in [-0.4, -0.2) is 22.5 Å². The fourth-order valence-corrected chi connectivity index (χ4v) is 3.76. The van der Waals surface area contributed by atoms with E-state index in [0.717, 1.165) is 6.54 Å². The van der Waals surface area contributed by atoms with E-state index in [0.29, 0.717) is 0 Å². The Labute approximate surface area is 130 Å². The smallest absolute Gasteiger partial charge is 0.0522 e. The van der Waals surface area contributed by atoms with Crippen LogP contribution in [0.1, 0.15) is 36.9 Å². The SMILES string of the molecule is c1ccc2c(c1)NCCCS2.c1n[nH]c2c1CCCCC2. The highest BCUT2D eigenvalue weighted by Gasteiger charge is 2.08. The molecule has 3 nitrogen and oxygen atoms in total. The number of benzene rings is 1. The van der Waals surface area contributed by atoms with Gasteiger partial charge in [0.05, 0.1) is 6.20 Å². The van der Waals surface area contributed by atoms with Crippen molar-refractivity contribution in [1.29, 1.82) is 0 Å². The first-order valence-electron chi connectivity index (χ1n) is 7.90. The third kappa shape index (κ3) is 4.03. The molecule has 0 saturated heterocycles. The Balaban J connectivity index is 0.000000126. The second-order valence-corrected chi connectivity index (χ2v) is 6.70. The van der Waals surface area contributed by atoms with Gasteiger partial charge in [0.1, 0.15) is 0 Å². The van der Waals surface area contributed by atoms with E-state index in [1.54, 1.807) is 0 Å². The van der Waals surface area contributed by atoms with Crippen LogP contribution in [0, 0.1) is 0 Å². The lowest BCUT2D eigenvalue weighted by molar-refractivity contribution is 0.702. The van der Waals surface area contributed by atoms with Crippen LogP contribution in [0.2, 0.25) is 0 Å². The molecule has 0 unspecified atom stereocenters. The van der Waals surface area contributed by atoms with Crippen LogP contribution in [0.25, 0.3) is 0 Å². The number of hydrogen-bond donors (Lipinski definition) is 2. The van der Waals surface area contributed by atoms with Gasteiger partial charge in [-0.15, -0.1) is 11.8 Å². The van der Waals surface area contributed by atoms with Gasteiger partial charge >= 0.3 is 0 Å². The maximum absolute atomic E-state index is 4.02. The minimum absolute atomic E-state index is 1.12. The zero-order valence-electron chi connectivity index (χ0n) is 12.4. The van der Waals surface area contributed by atoms with Gasteiger partial charge in [-0.1, -0.05) is 18.6 Å². The summed E-state index contributed by atoms with van der Waals surface area (Å²) < 4.78 is 0. The molecule has 0 atom stereocenters. The minimum atomic E-state index is 1.12. The Bertz CT molecular complexity index is 519. The Morgan fingerprint density at radius 1 is 1.00 bits per heavy atom. The summed E-state index contributed by atoms with van der Waals surface area (Å²) in [6.07, 6.45) is 9.71. The zero-order chi connectivity index (χ0) is 14.3. The molecule has 1 aromatic carbocycles. The first kappa shape index (κ1) is 14.5. The van der Waals surface area contributed by atoms with E-state index in [1.165, 1.54) is 66.1 Å². The van der Waals surface area contributed by atoms with Gasteiger partial charge in [0.15, 0.2) is 0 Å². The van der Waals surface area contributed by atoms with Crippen molar-refractivity contribution in [2.45, 2.75) is 43.4 Å². The Morgan fingerprint density at radius 3 is 2.90 bits per heavy atom. The molecule has 4 rings (SSSR count). The fraction of sp³-hybridized carbons (Fsp3) is 0.471. The quantitative estimate of drug-likeness (QED) is 0.714. The van der Waals surface area contributed by atoms with Crippen LogP contribution in [0.5, 0.6) is 0 Å². The van der Waals surface area contributed by atoms with Crippen LogP contribution >= 0.6 is 11.8 Å². The molecule has 0 spiro atoms. The van der Waals surface area contributed by atoms with E-state index >= 15 is 0 Å². The van der Waals surface area contributed by atoms with Crippen molar-refractivity contribution in [3.63, 3.8) is 0 Å². The third-order valence-corrected chi connectivity index (χ3v) is 5.12. The van der Waals surface area contributed by atoms with Gasteiger partial charge in [-0.25, -0.2) is 0 Å². The first-order valence-corrected chi connectivity index (χ1v) is 8.89. The van der Waals surface area contributed by atoms with Gasteiger partial charge in [0.25, 0.3) is 0 Å². The predicted molar refractivity (Wildman–Crippen MR) is 90.1 cm³/mol. The number of nitrogens with one attached hydrogen (secondary N) is 2. The fourth-order valence-electron chi connectivity index (χ4n) is 2.78. The van der Waals surface area contributed by atoms with Gasteiger partial charge in [-0.05, 0) is 55.6 Å². The summed E-state index contributed by atoms with van der Waals surface area (Å²) in [5.41, 5.74) is 4.12. The van der Waals surface area contributed by atoms with Gasteiger partial charge < -0.3 is 5.32 Å². The van der Waals surface area contributed by atoms with Crippen LogP contribution < -0.4 is 5.32 Å². The van der Waals surface area contributed by atoms with E-state index < -0.39 is 0 Å². The molecule has 1 aliphatic carbocycles. The van der Waals surface area contributed by atoms with Crippen molar-refractivity contribution >= 4 is 17.4 Å². The summed E-state index contributed by atoms with van der Waals surface area (Å²) >= 11 is 1.95. The molecule has 2 heterocycles. The summed E-state index contributed by atoms with van der Waals surface area (Å²) in [5.74, 6) is 1.24. The third-order valence-electron chi connectivity index (χ3n) is 3.96. The molecule has 1 aliphatic heterocycles. The van der Waals surface area contributed by atoms with Crippen LogP contribution in [0.4, 0.5) is 5.69 Å². The van der Waals surface area contributed by atoms with Crippen LogP contribution in [-0.2, 0) is 12.8 Å². The average molecular weight is 301 g/mol. The van der Waals surface area contributed by atoms with Gasteiger partial charge in [0.2, 0.25) is 0 Å². The van der Waals surface area contributed by atoms with Crippen LogP contribution in [0.3, 0.4) is 0 Å². The molecule has 1 aromatic heterocycles. The molecule has 0 amide bonds. The second-order valence-electron chi connectivity index (χ2n) is 5.56. The lowest BCUT2D eigenvalue weighted by atomic mass is 10.2. The number of aryl methyl sites for hydroxylation is 2. The van der Waals surface area contributed by atoms with E-state index in [-0.39, 0.29) is 0 Å². The standard InChI is InChI=1S/C9H11NS.C8H12N2/c1-2-5-9-8(4-1)10-6-3-7-11-9;1-2-4-7-6-9-10-8(7)5-3-1/h1-2,4-5,10H,3,6-7H2;6H,1-5H2,(H,9,10). The summed E-state index contributed by atoms with van der Waals surface area (Å²) in [5, 5.41) is 10.5. The summed E-state index contributed by atoms with van der Waals surface area (Å²) in [7, 11) is 0. The summed E-state index contributed by atoms with van der Waals surface area (Å²) in [4.78, 5) is 1.39. The second kappa shape index (κ2) is 7.55. The summed E-state index contributed by atoms with van der Waals surface area (Å²) in [6.45, 7) is 1.12. The molecule has 2 aromatic rings. The number of aromatic amines is 1. The van der Waals surface area contributed by atoms with E-state index in [9.17, 15) is 0 Å². The van der Waals surface area contributed by atoms with Crippen molar-refractivity contribution in [1.82, 2.24) is 10.2 Å². The van der Waals surface area contributed by atoms with Gasteiger partial charge in [-0.3, -0.25) is 5.10 Å². The molecule has 0 radical (unpaired) electrons. The van der Waals surface area contributed by atoms with Crippen molar-refractivity contribution in [3.05, 3.63) is 41.7 Å². The first-order chi connectivity index (χ1) is 10.4. The number of para-hydroxylation sites is 1. The lowest BCUT2D eigenvalue weighted by Crippen LogP contribution is -1.99. The molecular formula is C17H23N3S. The Hall–Kier alpha value is -1.42. The average Bonchev–Trinajstić information content (AvgIpc) is 2.74. The minimum Gasteiger partial charge on any atom is -0.384 e. The molecule has 0 fully saturated rings. The molecule has 0 bridgehead atoms. The molecule has 21 heavy (non-hydrogen) atoms. The number of aromatic nitrogens is 2. The Morgan fingerprint density at radius 2 is 1.90 bits per heavy atom. The predicted octanol–water partition coefficient (Wildman–Crippen LogP) is 4.27. The summed E-state index contributed by atoms with van der Waals surface area (Å²) in [6, 6.07) is 8.50. The highest BCUT2D eigenvalue weighted by atomic mass is 32.2. The maximum atomic E-state index is 4.02. The molecule has 2 aliphatic rings. The largest absolute Gasteiger partial charge is 0.384 e. The maximum Gasteiger partial charge on any atom is 0.0522 e. The van der Waals surface area contributed by atoms with Crippen molar-refractivity contribution in [2.24, 2.45) is 0 Å². The Kier molecular flexibility index (Phi) is 5.22. The topological polar surface area (TPSA) is 40.7 Å². The number of anilines is 1. The molecule has 4 heteroatoms. The van der Waals surface area contributed by atoms with Gasteiger partial charge in [0, 0.05) is 22.8 Å². The van der Waals surface area contributed by atoms with E-state index in [4.69, 9.17) is 0 Å². The van der Waals surface area contributed by atoms with Crippen molar-refractivity contribution < 1.29 is 0 Å². The number of hydrogen-bond acceptors (Lipinski definition) is 3.